The normalized spacial score (nSPS) is 26.1. The van der Waals surface area contributed by atoms with Gasteiger partial charge in [-0.05, 0) is 12.5 Å². The standard InChI is InChI=1S/C12H13NO4/c14-12(15)7-4-9(13-5-7)8-2-1-3-10-11(8)17-6-16-10/h1-3,7,9,13H,4-6H2,(H,14,15). The summed E-state index contributed by atoms with van der Waals surface area (Å²) in [5, 5.41) is 12.2. The quantitative estimate of drug-likeness (QED) is 0.804. The third-order valence-electron chi connectivity index (χ3n) is 3.28. The third kappa shape index (κ3) is 1.72. The Labute approximate surface area is 98.3 Å². The lowest BCUT2D eigenvalue weighted by atomic mass is 9.99. The maximum absolute atomic E-state index is 10.9. The SMILES string of the molecule is O=C(O)C1CNC(c2cccc3c2OCO3)C1. The van der Waals surface area contributed by atoms with E-state index in [1.165, 1.54) is 0 Å². The van der Waals surface area contributed by atoms with Gasteiger partial charge in [0.25, 0.3) is 0 Å². The highest BCUT2D eigenvalue weighted by Crippen LogP contribution is 2.41. The number of para-hydroxylation sites is 1. The van der Waals surface area contributed by atoms with Gasteiger partial charge in [-0.2, -0.15) is 0 Å². The molecule has 17 heavy (non-hydrogen) atoms. The Morgan fingerprint density at radius 2 is 2.29 bits per heavy atom. The minimum absolute atomic E-state index is 0.0350. The van der Waals surface area contributed by atoms with E-state index in [0.717, 1.165) is 17.1 Å². The molecule has 2 N–H and O–H groups in total. The van der Waals surface area contributed by atoms with E-state index in [9.17, 15) is 4.79 Å². The van der Waals surface area contributed by atoms with E-state index in [2.05, 4.69) is 5.32 Å². The maximum atomic E-state index is 10.9. The minimum Gasteiger partial charge on any atom is -0.481 e. The van der Waals surface area contributed by atoms with Crippen LogP contribution in [-0.4, -0.2) is 24.4 Å². The van der Waals surface area contributed by atoms with Crippen LogP contribution in [-0.2, 0) is 4.79 Å². The van der Waals surface area contributed by atoms with Gasteiger partial charge in [-0.15, -0.1) is 0 Å². The molecule has 0 spiro atoms. The molecular formula is C12H13NO4. The van der Waals surface area contributed by atoms with Crippen molar-refractivity contribution in [1.82, 2.24) is 5.32 Å². The highest BCUT2D eigenvalue weighted by Gasteiger charge is 2.33. The van der Waals surface area contributed by atoms with Crippen molar-refractivity contribution in [3.8, 4) is 11.5 Å². The number of nitrogens with one attached hydrogen (secondary N) is 1. The molecule has 0 aliphatic carbocycles. The van der Waals surface area contributed by atoms with Crippen LogP contribution in [0.3, 0.4) is 0 Å². The molecule has 1 saturated heterocycles. The molecule has 5 nitrogen and oxygen atoms in total. The van der Waals surface area contributed by atoms with Crippen LogP contribution in [0.1, 0.15) is 18.0 Å². The van der Waals surface area contributed by atoms with Gasteiger partial charge in [0.2, 0.25) is 6.79 Å². The van der Waals surface area contributed by atoms with Crippen molar-refractivity contribution < 1.29 is 19.4 Å². The van der Waals surface area contributed by atoms with Crippen molar-refractivity contribution in [1.29, 1.82) is 0 Å². The Kier molecular flexibility index (Phi) is 2.40. The summed E-state index contributed by atoms with van der Waals surface area (Å²) in [6, 6.07) is 5.75. The van der Waals surface area contributed by atoms with Crippen molar-refractivity contribution in [3.63, 3.8) is 0 Å². The molecule has 2 atom stereocenters. The smallest absolute Gasteiger partial charge is 0.307 e. The van der Waals surface area contributed by atoms with E-state index in [0.29, 0.717) is 13.0 Å². The number of fused-ring (bicyclic) bond motifs is 1. The summed E-state index contributed by atoms with van der Waals surface area (Å²) in [5.41, 5.74) is 0.990. The van der Waals surface area contributed by atoms with E-state index in [-0.39, 0.29) is 18.8 Å². The molecule has 3 rings (SSSR count). The van der Waals surface area contributed by atoms with Crippen molar-refractivity contribution in [2.45, 2.75) is 12.5 Å². The van der Waals surface area contributed by atoms with Gasteiger partial charge in [0.05, 0.1) is 5.92 Å². The number of rotatable bonds is 2. The topological polar surface area (TPSA) is 67.8 Å². The molecule has 5 heteroatoms. The van der Waals surface area contributed by atoms with Gasteiger partial charge in [-0.3, -0.25) is 4.79 Å². The summed E-state index contributed by atoms with van der Waals surface area (Å²) in [6.07, 6.45) is 0.592. The lowest BCUT2D eigenvalue weighted by molar-refractivity contribution is -0.141. The van der Waals surface area contributed by atoms with Gasteiger partial charge >= 0.3 is 5.97 Å². The molecule has 2 aliphatic rings. The molecule has 1 fully saturated rings. The molecule has 1 aromatic rings. The van der Waals surface area contributed by atoms with Gasteiger partial charge < -0.3 is 19.9 Å². The summed E-state index contributed by atoms with van der Waals surface area (Å²) in [6.45, 7) is 0.742. The van der Waals surface area contributed by atoms with E-state index in [4.69, 9.17) is 14.6 Å². The molecule has 0 bridgehead atoms. The van der Waals surface area contributed by atoms with Crippen LogP contribution in [0.4, 0.5) is 0 Å². The molecular weight excluding hydrogens is 222 g/mol. The molecule has 2 aliphatic heterocycles. The Bertz CT molecular complexity index is 460. The van der Waals surface area contributed by atoms with Crippen LogP contribution in [0.5, 0.6) is 11.5 Å². The van der Waals surface area contributed by atoms with Crippen molar-refractivity contribution >= 4 is 5.97 Å². The van der Waals surface area contributed by atoms with Crippen LogP contribution < -0.4 is 14.8 Å². The number of carbonyl (C=O) groups is 1. The number of carboxylic acids is 1. The maximum Gasteiger partial charge on any atom is 0.307 e. The van der Waals surface area contributed by atoms with Crippen molar-refractivity contribution in [3.05, 3.63) is 23.8 Å². The predicted octanol–water partition coefficient (Wildman–Crippen LogP) is 1.15. The molecule has 90 valence electrons. The van der Waals surface area contributed by atoms with Crippen LogP contribution in [0, 0.1) is 5.92 Å². The Balaban J connectivity index is 1.86. The number of benzene rings is 1. The Morgan fingerprint density at radius 1 is 1.41 bits per heavy atom. The summed E-state index contributed by atoms with van der Waals surface area (Å²) >= 11 is 0. The molecule has 0 aromatic heterocycles. The van der Waals surface area contributed by atoms with Gasteiger partial charge in [0.1, 0.15) is 0 Å². The number of hydrogen-bond acceptors (Lipinski definition) is 4. The predicted molar refractivity (Wildman–Crippen MR) is 59.1 cm³/mol. The lowest BCUT2D eigenvalue weighted by Gasteiger charge is -2.12. The van der Waals surface area contributed by atoms with E-state index in [1.54, 1.807) is 0 Å². The minimum atomic E-state index is -0.746. The van der Waals surface area contributed by atoms with Gasteiger partial charge in [-0.25, -0.2) is 0 Å². The van der Waals surface area contributed by atoms with Crippen molar-refractivity contribution in [2.24, 2.45) is 5.92 Å². The summed E-state index contributed by atoms with van der Waals surface area (Å²) in [5.74, 6) is 0.419. The van der Waals surface area contributed by atoms with Gasteiger partial charge in [0, 0.05) is 18.2 Å². The number of carboxylic acid groups (broad SMARTS) is 1. The van der Waals surface area contributed by atoms with E-state index < -0.39 is 5.97 Å². The first-order valence-corrected chi connectivity index (χ1v) is 5.60. The van der Waals surface area contributed by atoms with Gasteiger partial charge in [-0.1, -0.05) is 12.1 Å². The molecule has 2 unspecified atom stereocenters. The molecule has 1 aromatic carbocycles. The molecule has 2 heterocycles. The van der Waals surface area contributed by atoms with Crippen molar-refractivity contribution in [2.75, 3.05) is 13.3 Å². The van der Waals surface area contributed by atoms with Crippen LogP contribution >= 0.6 is 0 Å². The van der Waals surface area contributed by atoms with E-state index in [1.807, 2.05) is 18.2 Å². The largest absolute Gasteiger partial charge is 0.481 e. The highest BCUT2D eigenvalue weighted by molar-refractivity contribution is 5.71. The summed E-state index contributed by atoms with van der Waals surface area (Å²) in [7, 11) is 0. The zero-order valence-electron chi connectivity index (χ0n) is 9.18. The average molecular weight is 235 g/mol. The third-order valence-corrected chi connectivity index (χ3v) is 3.28. The first-order valence-electron chi connectivity index (χ1n) is 5.60. The second-order valence-corrected chi connectivity index (χ2v) is 4.31. The molecule has 0 saturated carbocycles. The van der Waals surface area contributed by atoms with Crippen LogP contribution in [0.15, 0.2) is 18.2 Å². The second kappa shape index (κ2) is 3.92. The van der Waals surface area contributed by atoms with E-state index >= 15 is 0 Å². The number of ether oxygens (including phenoxy) is 2. The first kappa shape index (κ1) is 10.4. The second-order valence-electron chi connectivity index (χ2n) is 4.31. The molecule has 0 radical (unpaired) electrons. The zero-order chi connectivity index (χ0) is 11.8. The highest BCUT2D eigenvalue weighted by atomic mass is 16.7. The Hall–Kier alpha value is -1.75. The fourth-order valence-electron chi connectivity index (χ4n) is 2.39. The molecule has 0 amide bonds. The number of aliphatic carboxylic acids is 1. The fraction of sp³-hybridized carbons (Fsp3) is 0.417. The Morgan fingerprint density at radius 3 is 3.06 bits per heavy atom. The van der Waals surface area contributed by atoms with Crippen LogP contribution in [0.2, 0.25) is 0 Å². The fourth-order valence-corrected chi connectivity index (χ4v) is 2.39. The zero-order valence-corrected chi connectivity index (χ0v) is 9.18. The average Bonchev–Trinajstić information content (AvgIpc) is 2.97. The summed E-state index contributed by atoms with van der Waals surface area (Å²) < 4.78 is 10.7. The van der Waals surface area contributed by atoms with Gasteiger partial charge in [0.15, 0.2) is 11.5 Å². The summed E-state index contributed by atoms with van der Waals surface area (Å²) in [4.78, 5) is 10.9. The lowest BCUT2D eigenvalue weighted by Crippen LogP contribution is -2.17. The number of hydrogen-bond donors (Lipinski definition) is 2. The first-order chi connectivity index (χ1) is 8.25. The van der Waals surface area contributed by atoms with Crippen LogP contribution in [0.25, 0.3) is 0 Å². The monoisotopic (exact) mass is 235 g/mol.